The summed E-state index contributed by atoms with van der Waals surface area (Å²) in [4.78, 5) is 11.1. The van der Waals surface area contributed by atoms with Gasteiger partial charge in [0.25, 0.3) is 0 Å². The van der Waals surface area contributed by atoms with E-state index in [1.54, 1.807) is 0 Å². The molecule has 0 bridgehead atoms. The zero-order valence-corrected chi connectivity index (χ0v) is 10.3. The molecule has 1 amide bonds. The van der Waals surface area contributed by atoms with Crippen LogP contribution in [0.1, 0.15) is 20.8 Å². The first kappa shape index (κ1) is 14.4. The Morgan fingerprint density at radius 3 is 2.35 bits per heavy atom. The van der Waals surface area contributed by atoms with Gasteiger partial charge in [-0.2, -0.15) is 0 Å². The summed E-state index contributed by atoms with van der Waals surface area (Å²) < 4.78 is 5.52. The lowest BCUT2D eigenvalue weighted by Crippen LogP contribution is -2.65. The Bertz CT molecular complexity index is 271. The van der Waals surface area contributed by atoms with E-state index >= 15 is 0 Å². The monoisotopic (exact) mass is 247 g/mol. The van der Waals surface area contributed by atoms with Crippen LogP contribution in [0.5, 0.6) is 0 Å². The first-order valence-corrected chi connectivity index (χ1v) is 5.78. The number of hydrogen-bond acceptors (Lipinski definition) is 5. The zero-order chi connectivity index (χ0) is 13.2. The van der Waals surface area contributed by atoms with E-state index in [9.17, 15) is 15.0 Å². The summed E-state index contributed by atoms with van der Waals surface area (Å²) in [6, 6.07) is -0.662. The summed E-state index contributed by atoms with van der Waals surface area (Å²) in [5, 5.41) is 31.3. The van der Waals surface area contributed by atoms with E-state index in [-0.39, 0.29) is 18.4 Å². The molecule has 0 spiro atoms. The van der Waals surface area contributed by atoms with Crippen LogP contribution >= 0.6 is 0 Å². The maximum atomic E-state index is 11.1. The standard InChI is InChI=1S/C11H21NO5/c1-5(2)11-8(12-6(3)14)10(16)9(15)7(4-13)17-11/h5,7-11,13,15-16H,4H2,1-3H3,(H,12,14)/t7?,8?,9-,10+,11?/m0/s1. The van der Waals surface area contributed by atoms with Gasteiger partial charge in [0.05, 0.1) is 18.8 Å². The van der Waals surface area contributed by atoms with Gasteiger partial charge in [0, 0.05) is 6.92 Å². The summed E-state index contributed by atoms with van der Waals surface area (Å²) in [5.41, 5.74) is 0. The third kappa shape index (κ3) is 3.16. The molecule has 0 radical (unpaired) electrons. The highest BCUT2D eigenvalue weighted by atomic mass is 16.5. The second-order valence-corrected chi connectivity index (χ2v) is 4.77. The molecule has 5 atom stereocenters. The fraction of sp³-hybridized carbons (Fsp3) is 0.909. The van der Waals surface area contributed by atoms with Crippen molar-refractivity contribution in [1.29, 1.82) is 0 Å². The highest BCUT2D eigenvalue weighted by molar-refractivity contribution is 5.73. The molecular weight excluding hydrogens is 226 g/mol. The largest absolute Gasteiger partial charge is 0.394 e. The molecule has 17 heavy (non-hydrogen) atoms. The molecule has 1 rings (SSSR count). The molecule has 3 unspecified atom stereocenters. The number of carbonyl (C=O) groups is 1. The lowest BCUT2D eigenvalue weighted by Gasteiger charge is -2.44. The van der Waals surface area contributed by atoms with Crippen LogP contribution in [0, 0.1) is 5.92 Å². The van der Waals surface area contributed by atoms with Crippen LogP contribution in [0.3, 0.4) is 0 Å². The molecule has 1 fully saturated rings. The number of rotatable bonds is 3. The number of amides is 1. The predicted molar refractivity (Wildman–Crippen MR) is 60.2 cm³/mol. The van der Waals surface area contributed by atoms with E-state index in [4.69, 9.17) is 9.84 Å². The minimum absolute atomic E-state index is 0.0445. The maximum absolute atomic E-state index is 11.1. The Morgan fingerprint density at radius 2 is 1.94 bits per heavy atom. The van der Waals surface area contributed by atoms with Gasteiger partial charge < -0.3 is 25.4 Å². The first-order chi connectivity index (χ1) is 7.88. The Morgan fingerprint density at radius 1 is 1.35 bits per heavy atom. The van der Waals surface area contributed by atoms with Crippen molar-refractivity contribution in [2.75, 3.05) is 6.61 Å². The molecule has 1 heterocycles. The Kier molecular flexibility index (Phi) is 4.88. The van der Waals surface area contributed by atoms with Gasteiger partial charge in [-0.1, -0.05) is 13.8 Å². The Balaban J connectivity index is 2.86. The third-order valence-corrected chi connectivity index (χ3v) is 2.99. The van der Waals surface area contributed by atoms with Gasteiger partial charge in [-0.15, -0.1) is 0 Å². The summed E-state index contributed by atoms with van der Waals surface area (Å²) >= 11 is 0. The SMILES string of the molecule is CC(=O)NC1C(C(C)C)OC(CO)[C@H](O)[C@@H]1O. The quantitative estimate of drug-likeness (QED) is 0.493. The molecule has 6 nitrogen and oxygen atoms in total. The summed E-state index contributed by atoms with van der Waals surface area (Å²) in [6.45, 7) is 4.75. The van der Waals surface area contributed by atoms with Crippen LogP contribution in [-0.4, -0.2) is 58.3 Å². The molecule has 0 aromatic heterocycles. The Labute approximate surface area is 101 Å². The average Bonchev–Trinajstić information content (AvgIpc) is 2.24. The number of ether oxygens (including phenoxy) is 1. The second-order valence-electron chi connectivity index (χ2n) is 4.77. The van der Waals surface area contributed by atoms with Crippen LogP contribution in [0.15, 0.2) is 0 Å². The number of aliphatic hydroxyl groups excluding tert-OH is 3. The van der Waals surface area contributed by atoms with Gasteiger partial charge >= 0.3 is 0 Å². The van der Waals surface area contributed by atoms with Crippen molar-refractivity contribution in [3.8, 4) is 0 Å². The fourth-order valence-electron chi connectivity index (χ4n) is 2.12. The molecule has 0 aromatic carbocycles. The van der Waals surface area contributed by atoms with Gasteiger partial charge in [-0.3, -0.25) is 4.79 Å². The first-order valence-electron chi connectivity index (χ1n) is 5.78. The van der Waals surface area contributed by atoms with Crippen LogP contribution in [0.4, 0.5) is 0 Å². The molecule has 4 N–H and O–H groups in total. The van der Waals surface area contributed by atoms with Gasteiger partial charge in [0.1, 0.15) is 18.3 Å². The van der Waals surface area contributed by atoms with Crippen LogP contribution in [-0.2, 0) is 9.53 Å². The molecule has 1 aliphatic rings. The van der Waals surface area contributed by atoms with Crippen molar-refractivity contribution in [2.24, 2.45) is 5.92 Å². The molecular formula is C11H21NO5. The van der Waals surface area contributed by atoms with Gasteiger partial charge in [-0.05, 0) is 5.92 Å². The average molecular weight is 247 g/mol. The highest BCUT2D eigenvalue weighted by Gasteiger charge is 2.45. The molecule has 0 aromatic rings. The van der Waals surface area contributed by atoms with E-state index in [0.717, 1.165) is 0 Å². The normalized spacial score (nSPS) is 38.2. The summed E-state index contributed by atoms with van der Waals surface area (Å²) in [5.74, 6) is -0.249. The smallest absolute Gasteiger partial charge is 0.217 e. The molecule has 100 valence electrons. The van der Waals surface area contributed by atoms with E-state index in [1.807, 2.05) is 13.8 Å². The molecule has 1 aliphatic heterocycles. The minimum Gasteiger partial charge on any atom is -0.394 e. The lowest BCUT2D eigenvalue weighted by atomic mass is 9.87. The van der Waals surface area contributed by atoms with Gasteiger partial charge in [0.15, 0.2) is 0 Å². The molecule has 1 saturated heterocycles. The van der Waals surface area contributed by atoms with E-state index in [1.165, 1.54) is 6.92 Å². The van der Waals surface area contributed by atoms with E-state index in [0.29, 0.717) is 0 Å². The van der Waals surface area contributed by atoms with E-state index in [2.05, 4.69) is 5.32 Å². The highest BCUT2D eigenvalue weighted by Crippen LogP contribution is 2.25. The predicted octanol–water partition coefficient (Wildman–Crippen LogP) is -1.37. The summed E-state index contributed by atoms with van der Waals surface area (Å²) in [7, 11) is 0. The summed E-state index contributed by atoms with van der Waals surface area (Å²) in [6.07, 6.45) is -3.60. The zero-order valence-electron chi connectivity index (χ0n) is 10.3. The van der Waals surface area contributed by atoms with Crippen molar-refractivity contribution in [1.82, 2.24) is 5.32 Å². The fourth-order valence-corrected chi connectivity index (χ4v) is 2.12. The van der Waals surface area contributed by atoms with Crippen molar-refractivity contribution in [3.05, 3.63) is 0 Å². The maximum Gasteiger partial charge on any atom is 0.217 e. The topological polar surface area (TPSA) is 99.0 Å². The van der Waals surface area contributed by atoms with Crippen molar-refractivity contribution in [2.45, 2.75) is 51.2 Å². The lowest BCUT2D eigenvalue weighted by molar-refractivity contribution is -0.204. The molecule has 0 saturated carbocycles. The number of nitrogens with one attached hydrogen (secondary N) is 1. The second kappa shape index (κ2) is 5.77. The van der Waals surface area contributed by atoms with Gasteiger partial charge in [0.2, 0.25) is 5.91 Å². The van der Waals surface area contributed by atoms with Crippen LogP contribution < -0.4 is 5.32 Å². The van der Waals surface area contributed by atoms with Crippen LogP contribution in [0.2, 0.25) is 0 Å². The van der Waals surface area contributed by atoms with Crippen molar-refractivity contribution < 1.29 is 24.9 Å². The van der Waals surface area contributed by atoms with Crippen LogP contribution in [0.25, 0.3) is 0 Å². The molecule has 6 heteroatoms. The number of hydrogen-bond donors (Lipinski definition) is 4. The number of aliphatic hydroxyl groups is 3. The van der Waals surface area contributed by atoms with Crippen molar-refractivity contribution >= 4 is 5.91 Å². The third-order valence-electron chi connectivity index (χ3n) is 2.99. The number of carbonyl (C=O) groups excluding carboxylic acids is 1. The van der Waals surface area contributed by atoms with Crippen molar-refractivity contribution in [3.63, 3.8) is 0 Å². The Hall–Kier alpha value is -0.690. The minimum atomic E-state index is -1.20. The van der Waals surface area contributed by atoms with Gasteiger partial charge in [-0.25, -0.2) is 0 Å². The van der Waals surface area contributed by atoms with E-state index < -0.39 is 30.5 Å². The molecule has 0 aliphatic carbocycles.